The second-order valence-electron chi connectivity index (χ2n) is 8.37. The lowest BCUT2D eigenvalue weighted by atomic mass is 10.1. The molecule has 0 saturated carbocycles. The van der Waals surface area contributed by atoms with Gasteiger partial charge in [-0.05, 0) is 24.6 Å². The van der Waals surface area contributed by atoms with E-state index >= 15 is 0 Å². The van der Waals surface area contributed by atoms with Crippen molar-refractivity contribution in [3.8, 4) is 23.1 Å². The number of aryl methyl sites for hydroxylation is 1. The molecule has 0 N–H and O–H groups in total. The number of rotatable bonds is 8. The van der Waals surface area contributed by atoms with E-state index in [1.165, 1.54) is 0 Å². The summed E-state index contributed by atoms with van der Waals surface area (Å²) in [5, 5.41) is 8.91. The summed E-state index contributed by atoms with van der Waals surface area (Å²) in [6, 6.07) is 11.5. The molecule has 35 heavy (non-hydrogen) atoms. The van der Waals surface area contributed by atoms with Gasteiger partial charge in [0, 0.05) is 56.1 Å². The van der Waals surface area contributed by atoms with Gasteiger partial charge in [0.15, 0.2) is 11.6 Å². The number of carbonyl (C=O) groups is 1. The number of aromatic nitrogens is 6. The van der Waals surface area contributed by atoms with Gasteiger partial charge in [-0.2, -0.15) is 20.2 Å². The number of morpholine rings is 1. The maximum atomic E-state index is 11.8. The van der Waals surface area contributed by atoms with E-state index in [1.54, 1.807) is 22.4 Å². The minimum atomic E-state index is 0.0188. The molecule has 4 aromatic rings. The fourth-order valence-corrected chi connectivity index (χ4v) is 3.90. The van der Waals surface area contributed by atoms with Crippen LogP contribution in [-0.4, -0.2) is 68.2 Å². The van der Waals surface area contributed by atoms with Gasteiger partial charge in [0.1, 0.15) is 5.82 Å². The summed E-state index contributed by atoms with van der Waals surface area (Å²) in [6.07, 6.45) is 6.34. The average molecular weight is 474 g/mol. The monoisotopic (exact) mass is 473 g/mol. The Hall–Kier alpha value is -4.05. The Bertz CT molecular complexity index is 1320. The Kier molecular flexibility index (Phi) is 6.53. The summed E-state index contributed by atoms with van der Waals surface area (Å²) in [5.74, 6) is 1.39. The number of benzene rings is 1. The van der Waals surface area contributed by atoms with Crippen LogP contribution in [0.5, 0.6) is 6.01 Å². The van der Waals surface area contributed by atoms with Gasteiger partial charge in [0.25, 0.3) is 0 Å². The minimum Gasteiger partial charge on any atom is -0.463 e. The van der Waals surface area contributed by atoms with Crippen molar-refractivity contribution < 1.29 is 14.3 Å². The van der Waals surface area contributed by atoms with Crippen molar-refractivity contribution in [3.63, 3.8) is 0 Å². The van der Waals surface area contributed by atoms with Crippen LogP contribution in [0.25, 0.3) is 17.1 Å². The fraction of sp³-hybridized carbons (Fsp3) is 0.320. The van der Waals surface area contributed by atoms with Crippen LogP contribution < -0.4 is 9.64 Å². The largest absolute Gasteiger partial charge is 0.463 e. The molecule has 1 aliphatic heterocycles. The molecule has 3 aromatic heterocycles. The van der Waals surface area contributed by atoms with E-state index in [0.717, 1.165) is 35.7 Å². The maximum absolute atomic E-state index is 11.8. The molecule has 0 unspecified atom stereocenters. The molecule has 0 spiro atoms. The lowest BCUT2D eigenvalue weighted by Gasteiger charge is -2.28. The summed E-state index contributed by atoms with van der Waals surface area (Å²) >= 11 is 0. The molecular weight excluding hydrogens is 446 g/mol. The van der Waals surface area contributed by atoms with Gasteiger partial charge in [0.05, 0.1) is 31.7 Å². The molecule has 1 fully saturated rings. The van der Waals surface area contributed by atoms with Crippen LogP contribution in [0.4, 0.5) is 5.82 Å². The molecule has 0 radical (unpaired) electrons. The quantitative estimate of drug-likeness (QED) is 0.360. The van der Waals surface area contributed by atoms with Crippen molar-refractivity contribution >= 4 is 11.6 Å². The van der Waals surface area contributed by atoms with Gasteiger partial charge in [-0.1, -0.05) is 18.2 Å². The van der Waals surface area contributed by atoms with E-state index in [-0.39, 0.29) is 5.78 Å². The van der Waals surface area contributed by atoms with Crippen molar-refractivity contribution in [2.75, 3.05) is 37.8 Å². The Balaban J connectivity index is 1.41. The summed E-state index contributed by atoms with van der Waals surface area (Å²) < 4.78 is 14.9. The lowest BCUT2D eigenvalue weighted by Crippen LogP contribution is -2.37. The maximum Gasteiger partial charge on any atom is 0.320 e. The third-order valence-electron chi connectivity index (χ3n) is 5.78. The van der Waals surface area contributed by atoms with Gasteiger partial charge < -0.3 is 14.4 Å². The zero-order chi connectivity index (χ0) is 24.2. The van der Waals surface area contributed by atoms with Crippen molar-refractivity contribution in [2.45, 2.75) is 13.3 Å². The zero-order valence-corrected chi connectivity index (χ0v) is 19.8. The number of nitrogens with zero attached hydrogens (tertiary/aromatic N) is 7. The highest BCUT2D eigenvalue weighted by Crippen LogP contribution is 2.23. The van der Waals surface area contributed by atoms with Crippen molar-refractivity contribution in [1.82, 2.24) is 29.5 Å². The molecule has 1 aliphatic rings. The summed E-state index contributed by atoms with van der Waals surface area (Å²) in [6.45, 7) is 4.77. The highest BCUT2D eigenvalue weighted by atomic mass is 16.5. The summed E-state index contributed by atoms with van der Waals surface area (Å²) in [4.78, 5) is 23.2. The van der Waals surface area contributed by atoms with Crippen LogP contribution in [0, 0.1) is 0 Å². The predicted octanol–water partition coefficient (Wildman–Crippen LogP) is 2.72. The number of hydrogen-bond acceptors (Lipinski definition) is 8. The standard InChI is InChI=1S/C25H27N7O3/c1-18(33)20-4-3-5-21(14-20)22-6-8-32(29-22)24-15-23(31-9-12-34-13-10-31)27-25(28-24)35-11-7-19-16-26-30(2)17-19/h3-6,8,14-17H,7,9-13H2,1-2H3. The molecule has 10 heteroatoms. The second kappa shape index (κ2) is 10.1. The zero-order valence-electron chi connectivity index (χ0n) is 19.8. The van der Waals surface area contributed by atoms with Crippen molar-refractivity contribution in [2.24, 2.45) is 7.05 Å². The fourth-order valence-electron chi connectivity index (χ4n) is 3.90. The number of anilines is 1. The topological polar surface area (TPSA) is 100 Å². The Morgan fingerprint density at radius 3 is 2.71 bits per heavy atom. The molecule has 1 aromatic carbocycles. The van der Waals surface area contributed by atoms with Crippen LogP contribution in [0.15, 0.2) is 55.0 Å². The molecular formula is C25H27N7O3. The van der Waals surface area contributed by atoms with Gasteiger partial charge in [-0.15, -0.1) is 0 Å². The van der Waals surface area contributed by atoms with E-state index in [1.807, 2.05) is 56.0 Å². The molecule has 5 rings (SSSR count). The Morgan fingerprint density at radius 2 is 1.94 bits per heavy atom. The smallest absolute Gasteiger partial charge is 0.320 e. The number of ether oxygens (including phenoxy) is 2. The van der Waals surface area contributed by atoms with Crippen LogP contribution in [0.2, 0.25) is 0 Å². The van der Waals surface area contributed by atoms with Crippen LogP contribution >= 0.6 is 0 Å². The molecule has 0 atom stereocenters. The Labute approximate surface area is 203 Å². The van der Waals surface area contributed by atoms with E-state index in [0.29, 0.717) is 43.6 Å². The molecule has 180 valence electrons. The first kappa shape index (κ1) is 22.7. The highest BCUT2D eigenvalue weighted by Gasteiger charge is 2.17. The number of hydrogen-bond donors (Lipinski definition) is 0. The van der Waals surface area contributed by atoms with Crippen LogP contribution in [0.1, 0.15) is 22.8 Å². The van der Waals surface area contributed by atoms with Crippen molar-refractivity contribution in [1.29, 1.82) is 0 Å². The number of ketones is 1. The normalized spacial score (nSPS) is 13.7. The van der Waals surface area contributed by atoms with Crippen LogP contribution in [0.3, 0.4) is 0 Å². The average Bonchev–Trinajstić information content (AvgIpc) is 3.54. The van der Waals surface area contributed by atoms with Gasteiger partial charge in [-0.25, -0.2) is 4.68 Å². The number of Topliss-reactive ketones (excluding diaryl/α,β-unsaturated/α-hetero) is 1. The third-order valence-corrected chi connectivity index (χ3v) is 5.78. The minimum absolute atomic E-state index is 0.0188. The molecule has 0 bridgehead atoms. The summed E-state index contributed by atoms with van der Waals surface area (Å²) in [5.41, 5.74) is 3.35. The van der Waals surface area contributed by atoms with E-state index < -0.39 is 0 Å². The summed E-state index contributed by atoms with van der Waals surface area (Å²) in [7, 11) is 1.89. The SMILES string of the molecule is CC(=O)c1cccc(-c2ccn(-c3cc(N4CCOCC4)nc(OCCc4cnn(C)c4)n3)n2)c1. The van der Waals surface area contributed by atoms with E-state index in [4.69, 9.17) is 14.6 Å². The first-order valence-corrected chi connectivity index (χ1v) is 11.5. The van der Waals surface area contributed by atoms with Gasteiger partial charge in [0.2, 0.25) is 0 Å². The number of carbonyl (C=O) groups excluding carboxylic acids is 1. The second-order valence-corrected chi connectivity index (χ2v) is 8.37. The molecule has 0 amide bonds. The molecule has 10 nitrogen and oxygen atoms in total. The molecule has 4 heterocycles. The molecule has 0 aliphatic carbocycles. The van der Waals surface area contributed by atoms with E-state index in [2.05, 4.69) is 20.0 Å². The third kappa shape index (κ3) is 5.38. The van der Waals surface area contributed by atoms with Gasteiger partial charge >= 0.3 is 6.01 Å². The van der Waals surface area contributed by atoms with Gasteiger partial charge in [-0.3, -0.25) is 9.48 Å². The highest BCUT2D eigenvalue weighted by molar-refractivity contribution is 5.95. The predicted molar refractivity (Wildman–Crippen MR) is 130 cm³/mol. The lowest BCUT2D eigenvalue weighted by molar-refractivity contribution is 0.101. The van der Waals surface area contributed by atoms with Crippen molar-refractivity contribution in [3.05, 3.63) is 66.1 Å². The first-order valence-electron chi connectivity index (χ1n) is 11.5. The van der Waals surface area contributed by atoms with E-state index in [9.17, 15) is 4.79 Å². The molecule has 1 saturated heterocycles. The Morgan fingerprint density at radius 1 is 1.11 bits per heavy atom. The van der Waals surface area contributed by atoms with Crippen LogP contribution in [-0.2, 0) is 18.2 Å². The first-order chi connectivity index (χ1) is 17.0.